The van der Waals surface area contributed by atoms with Gasteiger partial charge in [-0.05, 0) is 37.8 Å². The van der Waals surface area contributed by atoms with Crippen LogP contribution in [0.15, 0.2) is 18.3 Å². The fourth-order valence-electron chi connectivity index (χ4n) is 6.50. The minimum atomic E-state index is 0.441. The van der Waals surface area contributed by atoms with E-state index >= 15 is 0 Å². The van der Waals surface area contributed by atoms with Crippen molar-refractivity contribution in [3.8, 4) is 6.01 Å². The van der Waals surface area contributed by atoms with Gasteiger partial charge in [-0.25, -0.2) is 0 Å². The van der Waals surface area contributed by atoms with Crippen LogP contribution < -0.4 is 19.9 Å². The molecule has 2 bridgehead atoms. The van der Waals surface area contributed by atoms with Crippen molar-refractivity contribution in [3.63, 3.8) is 0 Å². The highest BCUT2D eigenvalue weighted by Crippen LogP contribution is 2.35. The van der Waals surface area contributed by atoms with E-state index in [1.54, 1.807) is 0 Å². The smallest absolute Gasteiger partial charge is 0.318 e. The Labute approximate surface area is 217 Å². The molecule has 6 heterocycles. The lowest BCUT2D eigenvalue weighted by Crippen LogP contribution is -2.45. The van der Waals surface area contributed by atoms with Gasteiger partial charge in [-0.15, -0.1) is 0 Å². The maximum Gasteiger partial charge on any atom is 0.318 e. The van der Waals surface area contributed by atoms with E-state index in [0.717, 1.165) is 94.2 Å². The molecule has 1 aromatic carbocycles. The number of H-pyrrole nitrogens is 1. The van der Waals surface area contributed by atoms with Crippen LogP contribution in [0.5, 0.6) is 6.01 Å². The number of morpholine rings is 1. The first kappa shape index (κ1) is 23.2. The number of ether oxygens (including phenoxy) is 2. The van der Waals surface area contributed by atoms with Gasteiger partial charge in [0, 0.05) is 62.8 Å². The molecule has 0 unspecified atom stereocenters. The van der Waals surface area contributed by atoms with Crippen molar-refractivity contribution >= 4 is 22.4 Å². The average Bonchev–Trinajstić information content (AvgIpc) is 3.68. The number of aromatic amines is 1. The van der Waals surface area contributed by atoms with E-state index in [9.17, 15) is 0 Å². The molecule has 3 saturated heterocycles. The summed E-state index contributed by atoms with van der Waals surface area (Å²) in [6, 6.07) is 5.39. The molecule has 2 atom stereocenters. The molecule has 2 aromatic heterocycles. The van der Waals surface area contributed by atoms with Crippen molar-refractivity contribution < 1.29 is 9.47 Å². The van der Waals surface area contributed by atoms with Crippen LogP contribution in [-0.4, -0.2) is 96.2 Å². The topological polar surface area (TPSA) is 94.7 Å². The van der Waals surface area contributed by atoms with Crippen LogP contribution in [0.1, 0.15) is 29.7 Å². The lowest BCUT2D eigenvalue weighted by Gasteiger charge is -2.35. The van der Waals surface area contributed by atoms with Gasteiger partial charge in [0.25, 0.3) is 0 Å². The molecule has 0 amide bonds. The lowest BCUT2D eigenvalue weighted by molar-refractivity contribution is 0.0287. The maximum absolute atomic E-state index is 6.21. The Balaban J connectivity index is 1.12. The maximum atomic E-state index is 6.21. The highest BCUT2D eigenvalue weighted by Gasteiger charge is 2.38. The summed E-state index contributed by atoms with van der Waals surface area (Å²) < 4.78 is 11.9. The zero-order chi connectivity index (χ0) is 24.8. The quantitative estimate of drug-likeness (QED) is 0.468. The highest BCUT2D eigenvalue weighted by molar-refractivity contribution is 5.93. The van der Waals surface area contributed by atoms with E-state index in [0.29, 0.717) is 24.8 Å². The number of hydrogen-bond acceptors (Lipinski definition) is 9. The minimum Gasteiger partial charge on any atom is -0.463 e. The second-order valence-corrected chi connectivity index (χ2v) is 10.8. The Morgan fingerprint density at radius 2 is 2.05 bits per heavy atom. The average molecular weight is 505 g/mol. The summed E-state index contributed by atoms with van der Waals surface area (Å²) in [6.45, 7) is 11.3. The Bertz CT molecular complexity index is 1270. The Morgan fingerprint density at radius 1 is 1.14 bits per heavy atom. The van der Waals surface area contributed by atoms with Crippen LogP contribution in [0.4, 0.5) is 11.5 Å². The van der Waals surface area contributed by atoms with Crippen molar-refractivity contribution in [2.75, 3.05) is 68.8 Å². The molecule has 3 fully saturated rings. The summed E-state index contributed by atoms with van der Waals surface area (Å²) in [7, 11) is 0. The summed E-state index contributed by atoms with van der Waals surface area (Å²) in [6.07, 6.45) is 5.45. The zero-order valence-corrected chi connectivity index (χ0v) is 21.6. The number of benzene rings is 1. The van der Waals surface area contributed by atoms with E-state index in [2.05, 4.69) is 49.3 Å². The molecule has 4 aliphatic rings. The molecular weight excluding hydrogens is 468 g/mol. The number of fused-ring (bicyclic) bond motifs is 4. The van der Waals surface area contributed by atoms with Crippen LogP contribution in [0.3, 0.4) is 0 Å². The molecule has 4 aliphatic heterocycles. The van der Waals surface area contributed by atoms with Gasteiger partial charge in [-0.1, -0.05) is 6.07 Å². The first-order valence-electron chi connectivity index (χ1n) is 13.7. The molecule has 7 rings (SSSR count). The molecule has 10 nitrogen and oxygen atoms in total. The van der Waals surface area contributed by atoms with Gasteiger partial charge in [0.15, 0.2) is 0 Å². The fourth-order valence-corrected chi connectivity index (χ4v) is 6.50. The first-order chi connectivity index (χ1) is 18.2. The summed E-state index contributed by atoms with van der Waals surface area (Å²) in [5.41, 5.74) is 5.92. The zero-order valence-electron chi connectivity index (χ0n) is 21.6. The number of piperazine rings is 1. The predicted molar refractivity (Wildman–Crippen MR) is 143 cm³/mol. The highest BCUT2D eigenvalue weighted by atomic mass is 16.5. The van der Waals surface area contributed by atoms with E-state index < -0.39 is 0 Å². The molecule has 10 heteroatoms. The second kappa shape index (κ2) is 9.74. The molecular formula is C27H36N8O2. The molecule has 0 saturated carbocycles. The minimum absolute atomic E-state index is 0.441. The van der Waals surface area contributed by atoms with Gasteiger partial charge < -0.3 is 24.6 Å². The first-order valence-corrected chi connectivity index (χ1v) is 13.7. The van der Waals surface area contributed by atoms with Gasteiger partial charge in [0.1, 0.15) is 5.82 Å². The summed E-state index contributed by atoms with van der Waals surface area (Å²) in [5, 5.41) is 12.0. The van der Waals surface area contributed by atoms with Crippen LogP contribution in [0, 0.1) is 6.92 Å². The Hall–Kier alpha value is -2.95. The van der Waals surface area contributed by atoms with E-state index in [1.807, 2.05) is 6.20 Å². The van der Waals surface area contributed by atoms with Crippen LogP contribution in [0.2, 0.25) is 0 Å². The number of nitrogens with zero attached hydrogens (tertiary/aromatic N) is 6. The van der Waals surface area contributed by atoms with Crippen LogP contribution in [0.25, 0.3) is 10.9 Å². The number of aryl methyl sites for hydroxylation is 1. The molecule has 0 spiro atoms. The van der Waals surface area contributed by atoms with E-state index in [1.165, 1.54) is 23.2 Å². The van der Waals surface area contributed by atoms with Crippen LogP contribution >= 0.6 is 0 Å². The Morgan fingerprint density at radius 3 is 2.89 bits per heavy atom. The molecule has 2 N–H and O–H groups in total. The van der Waals surface area contributed by atoms with Crippen molar-refractivity contribution in [3.05, 3.63) is 35.2 Å². The standard InChI is InChI=1S/C27H36N8O2/c1-18-3-4-23-22(14-29-32-23)25(18)35-9-5-21-24(16-35)30-27(31-26(21)33-10-6-28-7-11-33)36-12-2-8-34-15-20-13-19(34)17-37-20/h3-4,14,19-20,28H,2,5-13,15-17H2,1H3,(H,29,32)/t19-,20-/m0/s1. The molecule has 196 valence electrons. The van der Waals surface area contributed by atoms with Gasteiger partial charge in [-0.2, -0.15) is 15.1 Å². The number of aromatic nitrogens is 4. The molecule has 3 aromatic rings. The molecule has 0 radical (unpaired) electrons. The predicted octanol–water partition coefficient (Wildman–Crippen LogP) is 1.88. The normalized spacial score (nSPS) is 23.7. The SMILES string of the molecule is Cc1ccc2[nH]ncc2c1N1CCc2c(nc(OCCCN3C[C@@H]4C[C@H]3CO4)nc2N2CCNCC2)C1. The van der Waals surface area contributed by atoms with Gasteiger partial charge in [0.05, 0.1) is 49.0 Å². The van der Waals surface area contributed by atoms with Crippen LogP contribution in [-0.2, 0) is 17.7 Å². The largest absolute Gasteiger partial charge is 0.463 e. The van der Waals surface area contributed by atoms with Crippen molar-refractivity contribution in [2.24, 2.45) is 0 Å². The molecule has 0 aliphatic carbocycles. The summed E-state index contributed by atoms with van der Waals surface area (Å²) >= 11 is 0. The summed E-state index contributed by atoms with van der Waals surface area (Å²) in [4.78, 5) is 17.3. The van der Waals surface area contributed by atoms with Gasteiger partial charge in [0.2, 0.25) is 0 Å². The molecule has 37 heavy (non-hydrogen) atoms. The third kappa shape index (κ3) is 4.41. The fraction of sp³-hybridized carbons (Fsp3) is 0.593. The van der Waals surface area contributed by atoms with E-state index in [4.69, 9.17) is 19.4 Å². The van der Waals surface area contributed by atoms with Crippen molar-refractivity contribution in [1.82, 2.24) is 30.4 Å². The number of anilines is 2. The third-order valence-corrected chi connectivity index (χ3v) is 8.39. The number of rotatable bonds is 7. The van der Waals surface area contributed by atoms with E-state index in [-0.39, 0.29) is 0 Å². The Kier molecular flexibility index (Phi) is 6.10. The van der Waals surface area contributed by atoms with Crippen molar-refractivity contribution in [1.29, 1.82) is 0 Å². The lowest BCUT2D eigenvalue weighted by atomic mass is 10.0. The van der Waals surface area contributed by atoms with Crippen molar-refractivity contribution in [2.45, 2.75) is 44.9 Å². The number of likely N-dealkylation sites (tertiary alicyclic amines) is 1. The summed E-state index contributed by atoms with van der Waals surface area (Å²) in [5.74, 6) is 1.06. The van der Waals surface area contributed by atoms with Gasteiger partial charge >= 0.3 is 6.01 Å². The third-order valence-electron chi connectivity index (χ3n) is 8.39. The second-order valence-electron chi connectivity index (χ2n) is 10.8. The monoisotopic (exact) mass is 504 g/mol. The number of hydrogen-bond donors (Lipinski definition) is 2. The number of nitrogens with one attached hydrogen (secondary N) is 2. The van der Waals surface area contributed by atoms with Gasteiger partial charge in [-0.3, -0.25) is 10.00 Å².